The van der Waals surface area contributed by atoms with Gasteiger partial charge in [-0.3, -0.25) is 4.79 Å². The van der Waals surface area contributed by atoms with E-state index in [0.29, 0.717) is 11.4 Å². The van der Waals surface area contributed by atoms with Crippen LogP contribution in [0.25, 0.3) is 0 Å². The number of anilines is 1. The zero-order valence-corrected chi connectivity index (χ0v) is 11.6. The number of amides is 1. The van der Waals surface area contributed by atoms with Crippen LogP contribution in [0.3, 0.4) is 0 Å². The van der Waals surface area contributed by atoms with Crippen LogP contribution in [0.4, 0.5) is 5.69 Å². The number of hydrogen-bond acceptors (Lipinski definition) is 3. The Hall–Kier alpha value is -2.62. The molecule has 2 aromatic carbocycles. The van der Waals surface area contributed by atoms with E-state index in [1.807, 2.05) is 30.3 Å². The van der Waals surface area contributed by atoms with E-state index in [2.05, 4.69) is 0 Å². The van der Waals surface area contributed by atoms with Gasteiger partial charge < -0.3 is 14.4 Å². The van der Waals surface area contributed by atoms with Crippen molar-refractivity contribution in [2.24, 2.45) is 0 Å². The van der Waals surface area contributed by atoms with Gasteiger partial charge in [0.25, 0.3) is 0 Å². The highest BCUT2D eigenvalue weighted by atomic mass is 16.5. The van der Waals surface area contributed by atoms with Crippen LogP contribution in [0, 0.1) is 0 Å². The third-order valence-corrected chi connectivity index (χ3v) is 3.79. The highest BCUT2D eigenvalue weighted by Crippen LogP contribution is 2.38. The van der Waals surface area contributed by atoms with Crippen molar-refractivity contribution in [2.75, 3.05) is 12.0 Å². The Morgan fingerprint density at radius 1 is 1.05 bits per heavy atom. The van der Waals surface area contributed by atoms with Crippen LogP contribution in [-0.4, -0.2) is 25.3 Å². The van der Waals surface area contributed by atoms with E-state index in [1.54, 1.807) is 31.4 Å². The fourth-order valence-corrected chi connectivity index (χ4v) is 2.69. The smallest absolute Gasteiger partial charge is 0.237 e. The van der Waals surface area contributed by atoms with Crippen molar-refractivity contribution in [2.45, 2.75) is 12.0 Å². The fraction of sp³-hybridized carbons (Fsp3) is 0.176. The number of hydrogen-bond donors (Lipinski definition) is 0. The summed E-state index contributed by atoms with van der Waals surface area (Å²) in [7, 11) is 1.59. The van der Waals surface area contributed by atoms with E-state index in [4.69, 9.17) is 4.74 Å². The molecular formula is C17H15NO3. The van der Waals surface area contributed by atoms with Gasteiger partial charge in [-0.1, -0.05) is 30.3 Å². The normalized spacial score (nSPS) is 20.8. The predicted molar refractivity (Wildman–Crippen MR) is 79.5 cm³/mol. The summed E-state index contributed by atoms with van der Waals surface area (Å²) in [6.45, 7) is 0. The zero-order valence-electron chi connectivity index (χ0n) is 11.6. The number of carbonyl (C=O) groups excluding carboxylic acids is 2. The second-order valence-electron chi connectivity index (χ2n) is 4.92. The highest BCUT2D eigenvalue weighted by Gasteiger charge is 2.48. The second-order valence-corrected chi connectivity index (χ2v) is 4.92. The minimum absolute atomic E-state index is 0.0523. The van der Waals surface area contributed by atoms with Crippen molar-refractivity contribution in [3.8, 4) is 5.75 Å². The molecule has 0 radical (unpaired) electrons. The lowest BCUT2D eigenvalue weighted by Crippen LogP contribution is -2.60. The number of rotatable bonds is 4. The predicted octanol–water partition coefficient (Wildman–Crippen LogP) is 2.39. The number of β-lactam (4-membered cyclic amide) rings is 1. The van der Waals surface area contributed by atoms with Crippen molar-refractivity contribution < 1.29 is 14.3 Å². The summed E-state index contributed by atoms with van der Waals surface area (Å²) in [4.78, 5) is 25.4. The first-order chi connectivity index (χ1) is 10.3. The van der Waals surface area contributed by atoms with Gasteiger partial charge in [0.15, 0.2) is 0 Å². The molecule has 4 heteroatoms. The van der Waals surface area contributed by atoms with Crippen molar-refractivity contribution in [1.29, 1.82) is 0 Å². The van der Waals surface area contributed by atoms with Crippen molar-refractivity contribution in [3.63, 3.8) is 0 Å². The van der Waals surface area contributed by atoms with Crippen LogP contribution in [0.15, 0.2) is 54.6 Å². The zero-order chi connectivity index (χ0) is 14.8. The molecule has 0 saturated carbocycles. The third-order valence-electron chi connectivity index (χ3n) is 3.79. The lowest BCUT2D eigenvalue weighted by atomic mass is 9.82. The minimum atomic E-state index is -0.451. The monoisotopic (exact) mass is 281 g/mol. The maximum Gasteiger partial charge on any atom is 0.237 e. The maximum absolute atomic E-state index is 12.4. The van der Waals surface area contributed by atoms with Gasteiger partial charge in [0, 0.05) is 5.69 Å². The molecule has 106 valence electrons. The van der Waals surface area contributed by atoms with Gasteiger partial charge in [0.2, 0.25) is 5.91 Å². The van der Waals surface area contributed by atoms with Gasteiger partial charge in [0.1, 0.15) is 18.1 Å². The maximum atomic E-state index is 12.4. The molecule has 0 bridgehead atoms. The van der Waals surface area contributed by atoms with E-state index >= 15 is 0 Å². The van der Waals surface area contributed by atoms with E-state index in [1.165, 1.54) is 4.90 Å². The van der Waals surface area contributed by atoms with Crippen LogP contribution >= 0.6 is 0 Å². The van der Waals surface area contributed by atoms with Crippen LogP contribution in [0.5, 0.6) is 5.75 Å². The number of carbonyl (C=O) groups is 2. The summed E-state index contributed by atoms with van der Waals surface area (Å²) in [5.74, 6) is 0.281. The molecule has 1 aliphatic rings. The highest BCUT2D eigenvalue weighted by molar-refractivity contribution is 6.11. The summed E-state index contributed by atoms with van der Waals surface area (Å²) < 4.78 is 5.10. The number of ether oxygens (including phenoxy) is 1. The molecule has 0 N–H and O–H groups in total. The number of aldehydes is 1. The summed E-state index contributed by atoms with van der Waals surface area (Å²) in [5.41, 5.74) is 1.59. The molecule has 1 fully saturated rings. The summed E-state index contributed by atoms with van der Waals surface area (Å²) in [6.07, 6.45) is 0.837. The lowest BCUT2D eigenvalue weighted by molar-refractivity contribution is -0.130. The van der Waals surface area contributed by atoms with E-state index in [9.17, 15) is 9.59 Å². The number of nitrogens with zero attached hydrogens (tertiary/aromatic N) is 1. The lowest BCUT2D eigenvalue weighted by Gasteiger charge is -2.44. The molecule has 1 saturated heterocycles. The first-order valence-electron chi connectivity index (χ1n) is 6.73. The molecule has 0 aromatic heterocycles. The Morgan fingerprint density at radius 2 is 1.71 bits per heavy atom. The van der Waals surface area contributed by atoms with Crippen molar-refractivity contribution in [1.82, 2.24) is 0 Å². The topological polar surface area (TPSA) is 46.6 Å². The fourth-order valence-electron chi connectivity index (χ4n) is 2.69. The first kappa shape index (κ1) is 13.4. The average Bonchev–Trinajstić information content (AvgIpc) is 2.54. The first-order valence-corrected chi connectivity index (χ1v) is 6.73. The Bertz CT molecular complexity index is 651. The number of methoxy groups -OCH3 is 1. The largest absolute Gasteiger partial charge is 0.497 e. The van der Waals surface area contributed by atoms with Gasteiger partial charge >= 0.3 is 0 Å². The molecule has 2 aromatic rings. The molecule has 4 nitrogen and oxygen atoms in total. The van der Waals surface area contributed by atoms with Gasteiger partial charge in [-0.2, -0.15) is 0 Å². The number of benzene rings is 2. The van der Waals surface area contributed by atoms with E-state index in [0.717, 1.165) is 11.8 Å². The van der Waals surface area contributed by atoms with Crippen molar-refractivity contribution >= 4 is 17.9 Å². The standard InChI is InChI=1S/C17H15NO3/c1-21-14-9-7-13(8-10-14)18-15(11-19)16(17(18)20)12-5-3-2-4-6-12/h2-11,15-16H,1H3/t15-,16+/m0/s1. The molecular weight excluding hydrogens is 266 g/mol. The Kier molecular flexibility index (Phi) is 3.44. The van der Waals surface area contributed by atoms with Gasteiger partial charge in [-0.05, 0) is 29.8 Å². The van der Waals surface area contributed by atoms with E-state index < -0.39 is 6.04 Å². The van der Waals surface area contributed by atoms with Crippen LogP contribution in [0.2, 0.25) is 0 Å². The van der Waals surface area contributed by atoms with Gasteiger partial charge in [0.05, 0.1) is 13.0 Å². The van der Waals surface area contributed by atoms with Gasteiger partial charge in [-0.15, -0.1) is 0 Å². The van der Waals surface area contributed by atoms with Gasteiger partial charge in [-0.25, -0.2) is 0 Å². The summed E-state index contributed by atoms with van der Waals surface area (Å²) in [5, 5.41) is 0. The molecule has 3 rings (SSSR count). The quantitative estimate of drug-likeness (QED) is 0.638. The molecule has 1 heterocycles. The second kappa shape index (κ2) is 5.40. The average molecular weight is 281 g/mol. The SMILES string of the molecule is COc1ccc(N2C(=O)[C@H](c3ccccc3)[C@@H]2C=O)cc1. The molecule has 1 aliphatic heterocycles. The van der Waals surface area contributed by atoms with Crippen molar-refractivity contribution in [3.05, 3.63) is 60.2 Å². The molecule has 0 unspecified atom stereocenters. The Balaban J connectivity index is 1.88. The van der Waals surface area contributed by atoms with E-state index in [-0.39, 0.29) is 11.8 Å². The Labute approximate surface area is 123 Å². The minimum Gasteiger partial charge on any atom is -0.497 e. The molecule has 2 atom stereocenters. The summed E-state index contributed by atoms with van der Waals surface area (Å²) >= 11 is 0. The summed E-state index contributed by atoms with van der Waals surface area (Å²) in [6, 6.07) is 16.1. The van der Waals surface area contributed by atoms with Crippen LogP contribution < -0.4 is 9.64 Å². The van der Waals surface area contributed by atoms with Crippen LogP contribution in [-0.2, 0) is 9.59 Å². The molecule has 0 spiro atoms. The molecule has 0 aliphatic carbocycles. The van der Waals surface area contributed by atoms with Crippen LogP contribution in [0.1, 0.15) is 11.5 Å². The third kappa shape index (κ3) is 2.18. The Morgan fingerprint density at radius 3 is 2.29 bits per heavy atom. The molecule has 21 heavy (non-hydrogen) atoms. The molecule has 1 amide bonds.